The fraction of sp³-hybridized carbons (Fsp3) is 1.00. The number of hydrogen-bond acceptors (Lipinski definition) is 2. The van der Waals surface area contributed by atoms with Crippen molar-refractivity contribution < 1.29 is 17.6 Å². The summed E-state index contributed by atoms with van der Waals surface area (Å²) in [6, 6.07) is 0.200. The standard InChI is InChI=1S/C11H18F4N2/c12-10(13)11(14,15)7-17-5-1-4-16-9(6-17)8-2-3-8/h8-10,16H,1-7H2. The Bertz CT molecular complexity index is 256. The monoisotopic (exact) mass is 254 g/mol. The summed E-state index contributed by atoms with van der Waals surface area (Å²) in [4.78, 5) is 1.48. The number of hydrogen-bond donors (Lipinski definition) is 1. The van der Waals surface area contributed by atoms with Crippen LogP contribution in [-0.4, -0.2) is 49.5 Å². The van der Waals surface area contributed by atoms with Gasteiger partial charge in [0, 0.05) is 12.6 Å². The van der Waals surface area contributed by atoms with Crippen LogP contribution in [0.15, 0.2) is 0 Å². The van der Waals surface area contributed by atoms with Crippen molar-refractivity contribution in [3.8, 4) is 0 Å². The van der Waals surface area contributed by atoms with E-state index in [4.69, 9.17) is 0 Å². The maximum Gasteiger partial charge on any atom is 0.319 e. The van der Waals surface area contributed by atoms with E-state index in [-0.39, 0.29) is 6.04 Å². The van der Waals surface area contributed by atoms with Gasteiger partial charge in [0.1, 0.15) is 0 Å². The van der Waals surface area contributed by atoms with Gasteiger partial charge in [-0.2, -0.15) is 8.78 Å². The lowest BCUT2D eigenvalue weighted by molar-refractivity contribution is -0.142. The Labute approximate surface area is 98.3 Å². The first-order valence-electron chi connectivity index (χ1n) is 6.11. The van der Waals surface area contributed by atoms with Crippen LogP contribution in [0.5, 0.6) is 0 Å². The quantitative estimate of drug-likeness (QED) is 0.772. The second-order valence-electron chi connectivity index (χ2n) is 5.05. The SMILES string of the molecule is FC(F)C(F)(F)CN1CCCNC(C2CC2)C1. The van der Waals surface area contributed by atoms with E-state index < -0.39 is 18.9 Å². The first-order valence-corrected chi connectivity index (χ1v) is 6.11. The molecule has 0 spiro atoms. The summed E-state index contributed by atoms with van der Waals surface area (Å²) in [5.74, 6) is -3.34. The van der Waals surface area contributed by atoms with Crippen molar-refractivity contribution in [3.63, 3.8) is 0 Å². The molecule has 1 aliphatic carbocycles. The summed E-state index contributed by atoms with van der Waals surface area (Å²) >= 11 is 0. The molecule has 6 heteroatoms. The van der Waals surface area contributed by atoms with Crippen LogP contribution in [0.25, 0.3) is 0 Å². The highest BCUT2D eigenvalue weighted by atomic mass is 19.3. The molecule has 2 fully saturated rings. The molecule has 0 aromatic carbocycles. The van der Waals surface area contributed by atoms with E-state index in [1.54, 1.807) is 0 Å². The van der Waals surface area contributed by atoms with Gasteiger partial charge in [0.15, 0.2) is 0 Å². The Morgan fingerprint density at radius 2 is 2.00 bits per heavy atom. The molecule has 100 valence electrons. The van der Waals surface area contributed by atoms with Crippen molar-refractivity contribution in [1.29, 1.82) is 0 Å². The van der Waals surface area contributed by atoms with Crippen LogP contribution in [0.2, 0.25) is 0 Å². The summed E-state index contributed by atoms with van der Waals surface area (Å²) in [5.41, 5.74) is 0. The average molecular weight is 254 g/mol. The van der Waals surface area contributed by atoms with E-state index in [9.17, 15) is 17.6 Å². The summed E-state index contributed by atoms with van der Waals surface area (Å²) in [7, 11) is 0. The number of rotatable bonds is 4. The highest BCUT2D eigenvalue weighted by Crippen LogP contribution is 2.34. The molecule has 1 saturated carbocycles. The van der Waals surface area contributed by atoms with Crippen molar-refractivity contribution in [1.82, 2.24) is 10.2 Å². The summed E-state index contributed by atoms with van der Waals surface area (Å²) < 4.78 is 50.3. The van der Waals surface area contributed by atoms with Crippen LogP contribution in [0, 0.1) is 5.92 Å². The lowest BCUT2D eigenvalue weighted by Crippen LogP contribution is -2.46. The number of halogens is 4. The van der Waals surface area contributed by atoms with E-state index in [0.717, 1.165) is 25.8 Å². The molecule has 0 amide bonds. The van der Waals surface area contributed by atoms with Crippen molar-refractivity contribution in [2.24, 2.45) is 5.92 Å². The maximum absolute atomic E-state index is 13.0. The molecule has 0 aromatic rings. The van der Waals surface area contributed by atoms with Crippen LogP contribution < -0.4 is 5.32 Å². The van der Waals surface area contributed by atoms with Gasteiger partial charge >= 0.3 is 12.3 Å². The Morgan fingerprint density at radius 3 is 2.59 bits per heavy atom. The maximum atomic E-state index is 13.0. The van der Waals surface area contributed by atoms with Gasteiger partial charge in [-0.3, -0.25) is 4.90 Å². The van der Waals surface area contributed by atoms with Gasteiger partial charge in [0.25, 0.3) is 0 Å². The van der Waals surface area contributed by atoms with E-state index in [0.29, 0.717) is 19.0 Å². The van der Waals surface area contributed by atoms with Crippen LogP contribution in [0.4, 0.5) is 17.6 Å². The molecule has 1 aliphatic heterocycles. The first-order chi connectivity index (χ1) is 7.99. The van der Waals surface area contributed by atoms with Crippen molar-refractivity contribution in [3.05, 3.63) is 0 Å². The molecule has 2 nitrogen and oxygen atoms in total. The molecule has 1 unspecified atom stereocenters. The topological polar surface area (TPSA) is 15.3 Å². The van der Waals surface area contributed by atoms with E-state index in [1.807, 2.05) is 0 Å². The first kappa shape index (κ1) is 13.1. The molecule has 1 N–H and O–H groups in total. The van der Waals surface area contributed by atoms with Gasteiger partial charge in [-0.15, -0.1) is 0 Å². The van der Waals surface area contributed by atoms with E-state index in [2.05, 4.69) is 5.32 Å². The lowest BCUT2D eigenvalue weighted by atomic mass is 10.1. The molecule has 1 saturated heterocycles. The minimum Gasteiger partial charge on any atom is -0.312 e. The normalized spacial score (nSPS) is 28.4. The van der Waals surface area contributed by atoms with Crippen LogP contribution >= 0.6 is 0 Å². The van der Waals surface area contributed by atoms with Gasteiger partial charge in [-0.1, -0.05) is 0 Å². The molecule has 1 atom stereocenters. The molecule has 0 aromatic heterocycles. The van der Waals surface area contributed by atoms with E-state index >= 15 is 0 Å². The zero-order valence-corrected chi connectivity index (χ0v) is 9.64. The third-order valence-corrected chi connectivity index (χ3v) is 3.46. The highest BCUT2D eigenvalue weighted by molar-refractivity contribution is 4.91. The predicted octanol–water partition coefficient (Wildman–Crippen LogP) is 1.96. The van der Waals surface area contributed by atoms with Gasteiger partial charge in [0.05, 0.1) is 6.54 Å². The van der Waals surface area contributed by atoms with Gasteiger partial charge in [-0.25, -0.2) is 8.78 Å². The molecule has 0 radical (unpaired) electrons. The third-order valence-electron chi connectivity index (χ3n) is 3.46. The predicted molar refractivity (Wildman–Crippen MR) is 56.5 cm³/mol. The average Bonchev–Trinajstić information content (AvgIpc) is 3.01. The summed E-state index contributed by atoms with van der Waals surface area (Å²) in [5, 5.41) is 3.31. The van der Waals surface area contributed by atoms with Gasteiger partial charge in [-0.05, 0) is 38.3 Å². The lowest BCUT2D eigenvalue weighted by Gasteiger charge is -2.28. The molecule has 1 heterocycles. The molecule has 2 aliphatic rings. The van der Waals surface area contributed by atoms with Crippen molar-refractivity contribution in [2.75, 3.05) is 26.2 Å². The smallest absolute Gasteiger partial charge is 0.312 e. The zero-order valence-electron chi connectivity index (χ0n) is 9.64. The molecule has 17 heavy (non-hydrogen) atoms. The van der Waals surface area contributed by atoms with Gasteiger partial charge in [0.2, 0.25) is 0 Å². The second kappa shape index (κ2) is 5.10. The van der Waals surface area contributed by atoms with Crippen molar-refractivity contribution in [2.45, 2.75) is 37.7 Å². The molecular formula is C11H18F4N2. The number of nitrogens with one attached hydrogen (secondary N) is 1. The van der Waals surface area contributed by atoms with Gasteiger partial charge < -0.3 is 5.32 Å². The number of nitrogens with zero attached hydrogens (tertiary/aromatic N) is 1. The van der Waals surface area contributed by atoms with Crippen molar-refractivity contribution >= 4 is 0 Å². The Morgan fingerprint density at radius 1 is 1.29 bits per heavy atom. The minimum atomic E-state index is -3.89. The zero-order chi connectivity index (χ0) is 12.5. The van der Waals surface area contributed by atoms with E-state index in [1.165, 1.54) is 4.90 Å². The minimum absolute atomic E-state index is 0.200. The Kier molecular flexibility index (Phi) is 3.92. The van der Waals surface area contributed by atoms with Crippen LogP contribution in [0.3, 0.4) is 0 Å². The molecule has 2 rings (SSSR count). The summed E-state index contributed by atoms with van der Waals surface area (Å²) in [6.45, 7) is 0.902. The van der Waals surface area contributed by atoms with Crippen LogP contribution in [0.1, 0.15) is 19.3 Å². The summed E-state index contributed by atoms with van der Waals surface area (Å²) in [6.07, 6.45) is -0.589. The Hall–Kier alpha value is -0.360. The fourth-order valence-corrected chi connectivity index (χ4v) is 2.35. The largest absolute Gasteiger partial charge is 0.319 e. The second-order valence-corrected chi connectivity index (χ2v) is 5.05. The fourth-order valence-electron chi connectivity index (χ4n) is 2.35. The molecular weight excluding hydrogens is 236 g/mol. The molecule has 0 bridgehead atoms. The highest BCUT2D eigenvalue weighted by Gasteiger charge is 2.43. The third kappa shape index (κ3) is 3.55. The Balaban J connectivity index is 1.89. The van der Waals surface area contributed by atoms with Crippen LogP contribution in [-0.2, 0) is 0 Å². The number of alkyl halides is 4.